The maximum atomic E-state index is 6.12. The summed E-state index contributed by atoms with van der Waals surface area (Å²) in [6.07, 6.45) is 3.51. The molecule has 1 aliphatic heterocycles. The Bertz CT molecular complexity index is 684. The fourth-order valence-corrected chi connectivity index (χ4v) is 2.51. The molecule has 1 aliphatic rings. The predicted octanol–water partition coefficient (Wildman–Crippen LogP) is 0.517. The number of methoxy groups -OCH3 is 1. The number of nitrogens with two attached hydrogens (primary N) is 1. The van der Waals surface area contributed by atoms with E-state index in [1.807, 2.05) is 18.2 Å². The van der Waals surface area contributed by atoms with Crippen LogP contribution in [0.5, 0.6) is 5.88 Å². The summed E-state index contributed by atoms with van der Waals surface area (Å²) in [6, 6.07) is 7.42. The zero-order valence-electron chi connectivity index (χ0n) is 13.7. The highest BCUT2D eigenvalue weighted by Gasteiger charge is 2.19. The van der Waals surface area contributed by atoms with Crippen molar-refractivity contribution in [3.05, 3.63) is 42.4 Å². The summed E-state index contributed by atoms with van der Waals surface area (Å²) in [7, 11) is 1.60. The Hall–Kier alpha value is -2.90. The molecule has 3 heterocycles. The molecule has 0 aliphatic carbocycles. The van der Waals surface area contributed by atoms with Gasteiger partial charge in [-0.3, -0.25) is 0 Å². The molecule has 2 aromatic rings. The van der Waals surface area contributed by atoms with Crippen molar-refractivity contribution in [2.75, 3.05) is 38.2 Å². The summed E-state index contributed by atoms with van der Waals surface area (Å²) >= 11 is 0. The first-order valence-corrected chi connectivity index (χ1v) is 7.83. The van der Waals surface area contributed by atoms with Crippen molar-refractivity contribution in [1.29, 1.82) is 0 Å². The molecule has 0 unspecified atom stereocenters. The normalized spacial score (nSPS) is 15.5. The van der Waals surface area contributed by atoms with Gasteiger partial charge in [-0.2, -0.15) is 0 Å². The van der Waals surface area contributed by atoms with E-state index >= 15 is 0 Å². The first kappa shape index (κ1) is 16.0. The second-order valence-electron chi connectivity index (χ2n) is 5.37. The van der Waals surface area contributed by atoms with Gasteiger partial charge in [-0.25, -0.2) is 19.9 Å². The number of pyridine rings is 1. The Kier molecular flexibility index (Phi) is 5.05. The van der Waals surface area contributed by atoms with Crippen molar-refractivity contribution >= 4 is 11.9 Å². The van der Waals surface area contributed by atoms with Crippen LogP contribution in [0.25, 0.3) is 0 Å². The van der Waals surface area contributed by atoms with E-state index in [-0.39, 0.29) is 0 Å². The van der Waals surface area contributed by atoms with Crippen LogP contribution in [0.1, 0.15) is 5.69 Å². The molecule has 0 amide bonds. The molecule has 3 rings (SSSR count). The maximum absolute atomic E-state index is 6.12. The largest absolute Gasteiger partial charge is 0.481 e. The average Bonchev–Trinajstić information content (AvgIpc) is 2.67. The van der Waals surface area contributed by atoms with Gasteiger partial charge in [-0.1, -0.05) is 6.07 Å². The SMILES string of the molecule is COc1cccc(CN=C(N)N2CCN(c3ncccn3)CC2)n1. The lowest BCUT2D eigenvalue weighted by Gasteiger charge is -2.35. The lowest BCUT2D eigenvalue weighted by atomic mass is 10.3. The molecular formula is C16H21N7O. The monoisotopic (exact) mass is 327 g/mol. The summed E-state index contributed by atoms with van der Waals surface area (Å²) in [6.45, 7) is 3.65. The van der Waals surface area contributed by atoms with Gasteiger partial charge in [0.25, 0.3) is 0 Å². The molecule has 24 heavy (non-hydrogen) atoms. The minimum absolute atomic E-state index is 0.436. The third kappa shape index (κ3) is 3.89. The first-order valence-electron chi connectivity index (χ1n) is 7.83. The van der Waals surface area contributed by atoms with E-state index in [1.165, 1.54) is 0 Å². The zero-order valence-corrected chi connectivity index (χ0v) is 13.7. The summed E-state index contributed by atoms with van der Waals surface area (Å²) in [4.78, 5) is 21.5. The highest BCUT2D eigenvalue weighted by atomic mass is 16.5. The summed E-state index contributed by atoms with van der Waals surface area (Å²) in [5.74, 6) is 1.87. The fraction of sp³-hybridized carbons (Fsp3) is 0.375. The van der Waals surface area contributed by atoms with Crippen LogP contribution in [-0.4, -0.2) is 59.1 Å². The molecule has 8 heteroatoms. The van der Waals surface area contributed by atoms with Crippen LogP contribution in [0.3, 0.4) is 0 Å². The van der Waals surface area contributed by atoms with E-state index in [9.17, 15) is 0 Å². The van der Waals surface area contributed by atoms with Crippen LogP contribution in [0.2, 0.25) is 0 Å². The van der Waals surface area contributed by atoms with Gasteiger partial charge in [0.2, 0.25) is 11.8 Å². The molecule has 0 bridgehead atoms. The van der Waals surface area contributed by atoms with Crippen molar-refractivity contribution in [2.24, 2.45) is 10.7 Å². The van der Waals surface area contributed by atoms with Gasteiger partial charge in [0.15, 0.2) is 5.96 Å². The van der Waals surface area contributed by atoms with E-state index in [1.54, 1.807) is 25.6 Å². The topological polar surface area (TPSA) is 92.8 Å². The predicted molar refractivity (Wildman–Crippen MR) is 91.9 cm³/mol. The van der Waals surface area contributed by atoms with Gasteiger partial charge in [0, 0.05) is 44.6 Å². The summed E-state index contributed by atoms with van der Waals surface area (Å²) in [5, 5.41) is 0. The van der Waals surface area contributed by atoms with Gasteiger partial charge in [-0.05, 0) is 12.1 Å². The average molecular weight is 327 g/mol. The van der Waals surface area contributed by atoms with E-state index in [2.05, 4.69) is 29.7 Å². The van der Waals surface area contributed by atoms with Crippen molar-refractivity contribution < 1.29 is 4.74 Å². The minimum Gasteiger partial charge on any atom is -0.481 e. The van der Waals surface area contributed by atoms with E-state index < -0.39 is 0 Å². The van der Waals surface area contributed by atoms with Gasteiger partial charge >= 0.3 is 0 Å². The third-order valence-corrected chi connectivity index (χ3v) is 3.83. The number of anilines is 1. The zero-order chi connectivity index (χ0) is 16.8. The van der Waals surface area contributed by atoms with Crippen LogP contribution in [-0.2, 0) is 6.54 Å². The van der Waals surface area contributed by atoms with Gasteiger partial charge in [0.1, 0.15) is 0 Å². The smallest absolute Gasteiger partial charge is 0.225 e. The molecule has 8 nitrogen and oxygen atoms in total. The molecule has 0 atom stereocenters. The molecule has 0 spiro atoms. The van der Waals surface area contributed by atoms with E-state index in [4.69, 9.17) is 10.5 Å². The number of rotatable bonds is 4. The number of ether oxygens (including phenoxy) is 1. The Morgan fingerprint density at radius 3 is 2.62 bits per heavy atom. The number of aliphatic imine (C=N–C) groups is 1. The molecule has 0 radical (unpaired) electrons. The molecular weight excluding hydrogens is 306 g/mol. The molecule has 2 aromatic heterocycles. The Morgan fingerprint density at radius 1 is 1.17 bits per heavy atom. The number of hydrogen-bond acceptors (Lipinski definition) is 6. The van der Waals surface area contributed by atoms with Crippen LogP contribution >= 0.6 is 0 Å². The van der Waals surface area contributed by atoms with Crippen molar-refractivity contribution in [1.82, 2.24) is 19.9 Å². The number of hydrogen-bond donors (Lipinski definition) is 1. The number of aromatic nitrogens is 3. The van der Waals surface area contributed by atoms with Crippen molar-refractivity contribution in [2.45, 2.75) is 6.54 Å². The fourth-order valence-electron chi connectivity index (χ4n) is 2.51. The third-order valence-electron chi connectivity index (χ3n) is 3.83. The summed E-state index contributed by atoms with van der Waals surface area (Å²) in [5.41, 5.74) is 6.95. The van der Waals surface area contributed by atoms with E-state index in [0.29, 0.717) is 18.4 Å². The van der Waals surface area contributed by atoms with Gasteiger partial charge in [0.05, 0.1) is 19.3 Å². The van der Waals surface area contributed by atoms with Crippen molar-refractivity contribution in [3.8, 4) is 5.88 Å². The van der Waals surface area contributed by atoms with Crippen LogP contribution in [0.4, 0.5) is 5.95 Å². The highest BCUT2D eigenvalue weighted by molar-refractivity contribution is 5.78. The van der Waals surface area contributed by atoms with Crippen molar-refractivity contribution in [3.63, 3.8) is 0 Å². The second-order valence-corrected chi connectivity index (χ2v) is 5.37. The number of nitrogens with zero attached hydrogens (tertiary/aromatic N) is 6. The Balaban J connectivity index is 1.55. The standard InChI is InChI=1S/C16H21N7O/c1-24-14-5-2-4-13(21-14)12-20-15(17)22-8-10-23(11-9-22)16-18-6-3-7-19-16/h2-7H,8-12H2,1H3,(H2,17,20). The first-order chi connectivity index (χ1) is 11.8. The summed E-state index contributed by atoms with van der Waals surface area (Å²) < 4.78 is 5.11. The quantitative estimate of drug-likeness (QED) is 0.646. The van der Waals surface area contributed by atoms with E-state index in [0.717, 1.165) is 37.8 Å². The molecule has 1 saturated heterocycles. The highest BCUT2D eigenvalue weighted by Crippen LogP contribution is 2.10. The molecule has 0 saturated carbocycles. The van der Waals surface area contributed by atoms with Crippen LogP contribution < -0.4 is 15.4 Å². The lowest BCUT2D eigenvalue weighted by Crippen LogP contribution is -2.51. The lowest BCUT2D eigenvalue weighted by molar-refractivity contribution is 0.377. The molecule has 2 N–H and O–H groups in total. The number of piperazine rings is 1. The van der Waals surface area contributed by atoms with Crippen LogP contribution in [0, 0.1) is 0 Å². The minimum atomic E-state index is 0.436. The number of guanidine groups is 1. The molecule has 126 valence electrons. The van der Waals surface area contributed by atoms with Crippen LogP contribution in [0.15, 0.2) is 41.7 Å². The molecule has 0 aromatic carbocycles. The maximum Gasteiger partial charge on any atom is 0.225 e. The Morgan fingerprint density at radius 2 is 1.92 bits per heavy atom. The Labute approximate surface area is 141 Å². The molecule has 1 fully saturated rings. The van der Waals surface area contributed by atoms with Gasteiger partial charge in [-0.15, -0.1) is 0 Å². The van der Waals surface area contributed by atoms with Gasteiger partial charge < -0.3 is 20.3 Å². The second kappa shape index (κ2) is 7.58.